The number of hydrogen-bond donors (Lipinski definition) is 0. The van der Waals surface area contributed by atoms with Gasteiger partial charge < -0.3 is 0 Å². The summed E-state index contributed by atoms with van der Waals surface area (Å²) in [6, 6.07) is 8.08. The second-order valence-corrected chi connectivity index (χ2v) is 4.82. The normalized spacial score (nSPS) is 11.4. The maximum atomic E-state index is 13.7. The summed E-state index contributed by atoms with van der Waals surface area (Å²) in [7, 11) is 0. The lowest BCUT2D eigenvalue weighted by Crippen LogP contribution is -2.15. The van der Waals surface area contributed by atoms with Gasteiger partial charge in [-0.15, -0.1) is 0 Å². The van der Waals surface area contributed by atoms with Gasteiger partial charge in [0, 0.05) is 10.0 Å². The predicted molar refractivity (Wildman–Crippen MR) is 69.0 cm³/mol. The van der Waals surface area contributed by atoms with Crippen LogP contribution in [0.15, 0.2) is 46.9 Å². The van der Waals surface area contributed by atoms with E-state index in [9.17, 15) is 22.4 Å². The average Bonchev–Trinajstić information content (AvgIpc) is 2.37. The predicted octanol–water partition coefficient (Wildman–Crippen LogP) is 4.84. The molecule has 0 aromatic heterocycles. The fourth-order valence-electron chi connectivity index (χ4n) is 1.78. The minimum atomic E-state index is -4.68. The summed E-state index contributed by atoms with van der Waals surface area (Å²) in [6.45, 7) is 0. The molecular formula is C14H7BrF4O. The molecule has 2 aromatic carbocycles. The minimum absolute atomic E-state index is 0.111. The van der Waals surface area contributed by atoms with Crippen LogP contribution in [0.2, 0.25) is 0 Å². The van der Waals surface area contributed by atoms with Crippen molar-refractivity contribution in [3.8, 4) is 0 Å². The zero-order valence-corrected chi connectivity index (χ0v) is 11.4. The molecule has 0 N–H and O–H groups in total. The highest BCUT2D eigenvalue weighted by Gasteiger charge is 2.35. The number of hydrogen-bond acceptors (Lipinski definition) is 1. The summed E-state index contributed by atoms with van der Waals surface area (Å²) in [4.78, 5) is 12.2. The first-order chi connectivity index (χ1) is 9.32. The van der Waals surface area contributed by atoms with Crippen LogP contribution in [0.3, 0.4) is 0 Å². The van der Waals surface area contributed by atoms with Crippen molar-refractivity contribution in [1.82, 2.24) is 0 Å². The van der Waals surface area contributed by atoms with E-state index in [0.717, 1.165) is 18.2 Å². The SMILES string of the molecule is O=C(c1ccccc1C(F)(F)F)c1c(F)cccc1Br. The molecule has 0 heterocycles. The van der Waals surface area contributed by atoms with E-state index in [-0.39, 0.29) is 4.47 Å². The Kier molecular flexibility index (Phi) is 3.94. The van der Waals surface area contributed by atoms with Gasteiger partial charge in [-0.1, -0.05) is 24.3 Å². The molecule has 0 fully saturated rings. The monoisotopic (exact) mass is 346 g/mol. The van der Waals surface area contributed by atoms with Gasteiger partial charge in [0.2, 0.25) is 0 Å². The summed E-state index contributed by atoms with van der Waals surface area (Å²) >= 11 is 2.98. The fraction of sp³-hybridized carbons (Fsp3) is 0.0714. The van der Waals surface area contributed by atoms with Crippen molar-refractivity contribution in [1.29, 1.82) is 0 Å². The molecule has 0 aliphatic rings. The second kappa shape index (κ2) is 5.36. The van der Waals surface area contributed by atoms with Crippen LogP contribution in [0.5, 0.6) is 0 Å². The van der Waals surface area contributed by atoms with Crippen LogP contribution in [-0.4, -0.2) is 5.78 Å². The number of alkyl halides is 3. The van der Waals surface area contributed by atoms with Crippen LogP contribution in [0, 0.1) is 5.82 Å². The first kappa shape index (κ1) is 14.7. The highest BCUT2D eigenvalue weighted by atomic mass is 79.9. The third-order valence-corrected chi connectivity index (χ3v) is 3.33. The number of rotatable bonds is 2. The van der Waals surface area contributed by atoms with Crippen LogP contribution in [0.4, 0.5) is 17.6 Å². The lowest BCUT2D eigenvalue weighted by molar-refractivity contribution is -0.137. The van der Waals surface area contributed by atoms with E-state index in [1.54, 1.807) is 0 Å². The summed E-state index contributed by atoms with van der Waals surface area (Å²) in [5.41, 5.74) is -2.07. The van der Waals surface area contributed by atoms with E-state index in [0.29, 0.717) is 0 Å². The van der Waals surface area contributed by atoms with Gasteiger partial charge in [0.05, 0.1) is 11.1 Å². The largest absolute Gasteiger partial charge is 0.417 e. The molecule has 0 saturated carbocycles. The summed E-state index contributed by atoms with van der Waals surface area (Å²) in [5, 5.41) is 0. The first-order valence-corrected chi connectivity index (χ1v) is 6.26. The van der Waals surface area contributed by atoms with Gasteiger partial charge in [-0.3, -0.25) is 4.79 Å². The van der Waals surface area contributed by atoms with Crippen LogP contribution in [-0.2, 0) is 6.18 Å². The van der Waals surface area contributed by atoms with Crippen molar-refractivity contribution < 1.29 is 22.4 Å². The van der Waals surface area contributed by atoms with Crippen molar-refractivity contribution in [2.75, 3.05) is 0 Å². The van der Waals surface area contributed by atoms with Gasteiger partial charge in [-0.25, -0.2) is 4.39 Å². The van der Waals surface area contributed by atoms with Crippen molar-refractivity contribution in [3.63, 3.8) is 0 Å². The van der Waals surface area contributed by atoms with E-state index in [2.05, 4.69) is 15.9 Å². The molecule has 0 spiro atoms. The fourth-order valence-corrected chi connectivity index (χ4v) is 2.30. The molecule has 0 aliphatic heterocycles. The molecule has 104 valence electrons. The number of benzene rings is 2. The molecule has 20 heavy (non-hydrogen) atoms. The zero-order valence-electron chi connectivity index (χ0n) is 9.84. The highest BCUT2D eigenvalue weighted by Crippen LogP contribution is 2.34. The van der Waals surface area contributed by atoms with E-state index < -0.39 is 34.5 Å². The Morgan fingerprint density at radius 3 is 2.25 bits per heavy atom. The third kappa shape index (κ3) is 2.75. The van der Waals surface area contributed by atoms with Crippen molar-refractivity contribution in [2.24, 2.45) is 0 Å². The van der Waals surface area contributed by atoms with E-state index in [1.165, 1.54) is 24.3 Å². The van der Waals surface area contributed by atoms with Crippen LogP contribution < -0.4 is 0 Å². The van der Waals surface area contributed by atoms with Crippen LogP contribution >= 0.6 is 15.9 Å². The Balaban J connectivity index is 2.61. The molecule has 0 radical (unpaired) electrons. The van der Waals surface area contributed by atoms with E-state index in [4.69, 9.17) is 0 Å². The van der Waals surface area contributed by atoms with E-state index >= 15 is 0 Å². The van der Waals surface area contributed by atoms with Gasteiger partial charge in [-0.05, 0) is 34.1 Å². The van der Waals surface area contributed by atoms with Gasteiger partial charge in [0.1, 0.15) is 5.82 Å². The van der Waals surface area contributed by atoms with Crippen molar-refractivity contribution in [2.45, 2.75) is 6.18 Å². The lowest BCUT2D eigenvalue weighted by atomic mass is 9.98. The minimum Gasteiger partial charge on any atom is -0.288 e. The number of halogens is 5. The number of carbonyl (C=O) groups excluding carboxylic acids is 1. The molecule has 0 amide bonds. The molecule has 1 nitrogen and oxygen atoms in total. The molecule has 2 aromatic rings. The summed E-state index contributed by atoms with van der Waals surface area (Å²) in [5.74, 6) is -1.88. The quantitative estimate of drug-likeness (QED) is 0.561. The number of ketones is 1. The molecule has 0 saturated heterocycles. The Morgan fingerprint density at radius 1 is 1.00 bits per heavy atom. The standard InChI is InChI=1S/C14H7BrF4O/c15-10-6-3-7-11(16)12(10)13(20)8-4-1-2-5-9(8)14(17,18)19/h1-7H. The molecule has 0 unspecified atom stereocenters. The molecule has 2 rings (SSSR count). The topological polar surface area (TPSA) is 17.1 Å². The molecule has 0 aliphatic carbocycles. The van der Waals surface area contributed by atoms with E-state index in [1.807, 2.05) is 0 Å². The number of carbonyl (C=O) groups is 1. The van der Waals surface area contributed by atoms with Gasteiger partial charge >= 0.3 is 6.18 Å². The van der Waals surface area contributed by atoms with Gasteiger partial charge in [0.25, 0.3) is 0 Å². The Hall–Kier alpha value is -1.69. The van der Waals surface area contributed by atoms with Crippen LogP contribution in [0.25, 0.3) is 0 Å². The maximum absolute atomic E-state index is 13.7. The molecule has 6 heteroatoms. The average molecular weight is 347 g/mol. The highest BCUT2D eigenvalue weighted by molar-refractivity contribution is 9.10. The third-order valence-electron chi connectivity index (χ3n) is 2.67. The molecule has 0 atom stereocenters. The Labute approximate surface area is 120 Å². The Bertz CT molecular complexity index is 644. The van der Waals surface area contributed by atoms with Crippen molar-refractivity contribution >= 4 is 21.7 Å². The summed E-state index contributed by atoms with van der Waals surface area (Å²) in [6.07, 6.45) is -4.68. The molecule has 0 bridgehead atoms. The first-order valence-electron chi connectivity index (χ1n) is 5.47. The van der Waals surface area contributed by atoms with Crippen molar-refractivity contribution in [3.05, 3.63) is 69.4 Å². The maximum Gasteiger partial charge on any atom is 0.417 e. The summed E-state index contributed by atoms with van der Waals surface area (Å²) < 4.78 is 52.4. The molecular weight excluding hydrogens is 340 g/mol. The van der Waals surface area contributed by atoms with Gasteiger partial charge in [0.15, 0.2) is 5.78 Å². The van der Waals surface area contributed by atoms with Gasteiger partial charge in [-0.2, -0.15) is 13.2 Å². The second-order valence-electron chi connectivity index (χ2n) is 3.97. The smallest absolute Gasteiger partial charge is 0.288 e. The lowest BCUT2D eigenvalue weighted by Gasteiger charge is -2.12. The zero-order chi connectivity index (χ0) is 14.9. The van der Waals surface area contributed by atoms with Crippen LogP contribution in [0.1, 0.15) is 21.5 Å². The Morgan fingerprint density at radius 2 is 1.65 bits per heavy atom.